The number of thiazole rings is 1. The molecule has 1 saturated heterocycles. The first-order valence-electron chi connectivity index (χ1n) is 21.5. The number of hydrogen-bond acceptors (Lipinski definition) is 11. The van der Waals surface area contributed by atoms with Gasteiger partial charge in [0.05, 0.1) is 24.9 Å². The summed E-state index contributed by atoms with van der Waals surface area (Å²) >= 11 is 1.49. The highest BCUT2D eigenvalue weighted by Gasteiger charge is 2.65. The third-order valence-corrected chi connectivity index (χ3v) is 15.6. The highest BCUT2D eigenvalue weighted by atomic mass is 32.1. The van der Waals surface area contributed by atoms with Crippen molar-refractivity contribution in [2.24, 2.45) is 5.92 Å². The number of nitrogens with one attached hydrogen (secondary N) is 3. The van der Waals surface area contributed by atoms with E-state index >= 15 is 0 Å². The first-order valence-corrected chi connectivity index (χ1v) is 24.3. The zero-order chi connectivity index (χ0) is 42.2. The summed E-state index contributed by atoms with van der Waals surface area (Å²) in [5.74, 6) is 0.651. The summed E-state index contributed by atoms with van der Waals surface area (Å²) in [7, 11) is -2.15. The number of carbonyl (C=O) groups excluding carboxylic acids is 3. The summed E-state index contributed by atoms with van der Waals surface area (Å²) in [6.45, 7) is 8.16. The number of benzene rings is 1. The minimum atomic E-state index is -3.75. The molecule has 1 aliphatic heterocycles. The van der Waals surface area contributed by atoms with E-state index in [4.69, 9.17) is 24.2 Å². The SMILES string of the molecule is CCCP(=O)(O)[C@@]1(NC(=O)[C@@H]2C[C@@H](Oc3cc(-c4csc(NC(C)C)n4)nc4cc(OC)ccc34)CN2C=O)C[C@H]1CCCCCCC[C@@H](C)NC(=O)OC1CCCC1. The van der Waals surface area contributed by atoms with Gasteiger partial charge < -0.3 is 40.0 Å². The van der Waals surface area contributed by atoms with E-state index in [-0.39, 0.29) is 49.3 Å². The lowest BCUT2D eigenvalue weighted by Gasteiger charge is -2.28. The predicted octanol–water partition coefficient (Wildman–Crippen LogP) is 8.47. The molecule has 14 nitrogen and oxygen atoms in total. The van der Waals surface area contributed by atoms with Crippen LogP contribution in [0.2, 0.25) is 0 Å². The van der Waals surface area contributed by atoms with Crippen molar-refractivity contribution in [1.29, 1.82) is 0 Å². The van der Waals surface area contributed by atoms with E-state index in [2.05, 4.69) is 16.0 Å². The number of ether oxygens (including phenoxy) is 3. The monoisotopic (exact) mass is 854 g/mol. The minimum absolute atomic E-state index is 0.0525. The summed E-state index contributed by atoms with van der Waals surface area (Å²) in [5.41, 5.74) is 1.96. The van der Waals surface area contributed by atoms with Gasteiger partial charge in [0.1, 0.15) is 40.7 Å². The normalized spacial score (nSPS) is 23.2. The Morgan fingerprint density at radius 3 is 2.56 bits per heavy atom. The van der Waals surface area contributed by atoms with Gasteiger partial charge in [0.2, 0.25) is 19.7 Å². The Hall–Kier alpha value is -3.94. The van der Waals surface area contributed by atoms with E-state index in [1.165, 1.54) is 16.2 Å². The fourth-order valence-electron chi connectivity index (χ4n) is 8.66. The first kappa shape index (κ1) is 44.6. The van der Waals surface area contributed by atoms with Crippen LogP contribution in [0.4, 0.5) is 9.93 Å². The molecule has 1 aromatic carbocycles. The van der Waals surface area contributed by atoms with E-state index in [9.17, 15) is 23.8 Å². The number of methoxy groups -OCH3 is 1. The van der Waals surface area contributed by atoms with E-state index in [0.29, 0.717) is 47.7 Å². The molecule has 0 radical (unpaired) electrons. The van der Waals surface area contributed by atoms with Gasteiger partial charge in [-0.15, -0.1) is 11.3 Å². The number of fused-ring (bicyclic) bond motifs is 1. The second kappa shape index (κ2) is 20.1. The number of carbonyl (C=O) groups is 3. The van der Waals surface area contributed by atoms with Gasteiger partial charge in [0, 0.05) is 47.6 Å². The number of pyridine rings is 1. The third kappa shape index (κ3) is 11.3. The Labute approximate surface area is 352 Å². The van der Waals surface area contributed by atoms with E-state index in [1.54, 1.807) is 7.11 Å². The molecular weight excluding hydrogens is 792 g/mol. The molecule has 4 N–H and O–H groups in total. The maximum Gasteiger partial charge on any atom is 0.407 e. The number of aromatic nitrogens is 2. The van der Waals surface area contributed by atoms with Crippen LogP contribution in [0.3, 0.4) is 0 Å². The molecule has 16 heteroatoms. The third-order valence-electron chi connectivity index (χ3n) is 11.9. The standard InChI is InChI=1S/C43H63N6O8PS/c1-6-20-58(53,54)43(24-30(43)15-11-9-7-8-10-14-29(4)45-42(52)57-31-16-12-13-17-31)48-40(51)38-22-33(25-49(38)27-50)56-39-23-36(37-26-59-41(47-37)44-28(2)3)46-35-21-32(55-5)18-19-34(35)39/h18-19,21,23,26-31,33,38H,6-17,20,22,24-25H2,1-5H3,(H,44,47)(H,45,52)(H,48,51)(H,53,54)/t29-,30-,33-,38+,43+/m1/s1. The van der Waals surface area contributed by atoms with Crippen molar-refractivity contribution in [2.45, 2.75) is 153 Å². The molecule has 3 aliphatic rings. The molecule has 2 saturated carbocycles. The van der Waals surface area contributed by atoms with Crippen molar-refractivity contribution >= 4 is 53.2 Å². The topological polar surface area (TPSA) is 181 Å². The predicted molar refractivity (Wildman–Crippen MR) is 231 cm³/mol. The number of nitrogens with zero attached hydrogens (tertiary/aromatic N) is 3. The number of alkyl carbamates (subject to hydrolysis) is 1. The van der Waals surface area contributed by atoms with Gasteiger partial charge in [-0.05, 0) is 90.2 Å². The molecule has 2 aliphatic carbocycles. The van der Waals surface area contributed by atoms with Gasteiger partial charge >= 0.3 is 6.09 Å². The minimum Gasteiger partial charge on any atom is -0.497 e. The average Bonchev–Trinajstić information content (AvgIpc) is 3.60. The maximum atomic E-state index is 14.1. The van der Waals surface area contributed by atoms with Gasteiger partial charge in [-0.3, -0.25) is 14.2 Å². The summed E-state index contributed by atoms with van der Waals surface area (Å²) in [4.78, 5) is 61.0. The molecule has 3 fully saturated rings. The van der Waals surface area contributed by atoms with Gasteiger partial charge in [0.15, 0.2) is 5.13 Å². The molecule has 3 amide bonds. The first-order chi connectivity index (χ1) is 28.3. The van der Waals surface area contributed by atoms with Crippen LogP contribution in [-0.4, -0.2) is 93.6 Å². The largest absolute Gasteiger partial charge is 0.497 e. The number of unbranched alkanes of at least 4 members (excludes halogenated alkanes) is 4. The molecule has 1 unspecified atom stereocenters. The molecule has 3 aromatic rings. The van der Waals surface area contributed by atoms with Crippen LogP contribution in [0.5, 0.6) is 11.5 Å². The van der Waals surface area contributed by atoms with E-state index in [1.807, 2.05) is 57.3 Å². The van der Waals surface area contributed by atoms with Crippen LogP contribution >= 0.6 is 18.7 Å². The quantitative estimate of drug-likeness (QED) is 0.0433. The summed E-state index contributed by atoms with van der Waals surface area (Å²) in [5, 5.41) is 11.6. The van der Waals surface area contributed by atoms with Gasteiger partial charge in [-0.1, -0.05) is 39.0 Å². The van der Waals surface area contributed by atoms with Crippen molar-refractivity contribution in [3.8, 4) is 22.9 Å². The van der Waals surface area contributed by atoms with Gasteiger partial charge in [0.25, 0.3) is 0 Å². The van der Waals surface area contributed by atoms with Crippen molar-refractivity contribution in [3.05, 3.63) is 29.6 Å². The zero-order valence-electron chi connectivity index (χ0n) is 35.2. The number of anilines is 1. The van der Waals surface area contributed by atoms with Gasteiger partial charge in [-0.25, -0.2) is 14.8 Å². The van der Waals surface area contributed by atoms with Crippen molar-refractivity contribution < 1.29 is 38.1 Å². The van der Waals surface area contributed by atoms with Crippen molar-refractivity contribution in [1.82, 2.24) is 25.5 Å². The Kier molecular flexibility index (Phi) is 15.2. The van der Waals surface area contributed by atoms with Crippen molar-refractivity contribution in [2.75, 3.05) is 25.1 Å². The van der Waals surface area contributed by atoms with Gasteiger partial charge in [-0.2, -0.15) is 0 Å². The molecule has 0 bridgehead atoms. The average molecular weight is 855 g/mol. The van der Waals surface area contributed by atoms with Crippen LogP contribution in [0.25, 0.3) is 22.3 Å². The summed E-state index contributed by atoms with van der Waals surface area (Å²) in [6, 6.07) is 6.81. The molecule has 6 atom stereocenters. The fourth-order valence-corrected chi connectivity index (χ4v) is 12.0. The van der Waals surface area contributed by atoms with E-state index < -0.39 is 30.7 Å². The van der Waals surface area contributed by atoms with Crippen LogP contribution in [0.1, 0.15) is 118 Å². The fraction of sp³-hybridized carbons (Fsp3) is 0.651. The number of rotatable bonds is 22. The van der Waals surface area contributed by atoms with Crippen LogP contribution in [0.15, 0.2) is 29.6 Å². The highest BCUT2D eigenvalue weighted by Crippen LogP contribution is 2.70. The molecule has 6 rings (SSSR count). The van der Waals surface area contributed by atoms with Crippen molar-refractivity contribution in [3.63, 3.8) is 0 Å². The summed E-state index contributed by atoms with van der Waals surface area (Å²) in [6.07, 6.45) is 11.9. The second-order valence-electron chi connectivity index (χ2n) is 17.0. The molecule has 59 heavy (non-hydrogen) atoms. The Balaban J connectivity index is 1.04. The molecule has 3 heterocycles. The van der Waals surface area contributed by atoms with Crippen LogP contribution in [0, 0.1) is 5.92 Å². The Morgan fingerprint density at radius 2 is 1.83 bits per heavy atom. The molecule has 0 spiro atoms. The molecular formula is C43H63N6O8PS. The number of hydrogen-bond donors (Lipinski definition) is 4. The second-order valence-corrected chi connectivity index (χ2v) is 20.5. The number of likely N-dealkylation sites (tertiary alicyclic amines) is 1. The Bertz CT molecular complexity index is 1960. The number of amides is 3. The zero-order valence-corrected chi connectivity index (χ0v) is 37.0. The lowest BCUT2D eigenvalue weighted by atomic mass is 10.1. The van der Waals surface area contributed by atoms with E-state index in [0.717, 1.165) is 81.1 Å². The lowest BCUT2D eigenvalue weighted by Crippen LogP contribution is -2.48. The van der Waals surface area contributed by atoms with Crippen LogP contribution in [-0.2, 0) is 18.9 Å². The molecule has 324 valence electrons. The smallest absolute Gasteiger partial charge is 0.407 e. The summed E-state index contributed by atoms with van der Waals surface area (Å²) < 4.78 is 31.5. The lowest BCUT2D eigenvalue weighted by molar-refractivity contribution is -0.131. The highest BCUT2D eigenvalue weighted by molar-refractivity contribution is 7.60. The van der Waals surface area contributed by atoms with Crippen LogP contribution < -0.4 is 25.4 Å². The maximum absolute atomic E-state index is 14.1. The Morgan fingerprint density at radius 1 is 1.07 bits per heavy atom. The molecule has 2 aromatic heterocycles.